The summed E-state index contributed by atoms with van der Waals surface area (Å²) in [7, 11) is -3.03. The van der Waals surface area contributed by atoms with Gasteiger partial charge in [0.15, 0.2) is 9.84 Å². The van der Waals surface area contributed by atoms with Gasteiger partial charge in [0.2, 0.25) is 5.91 Å². The maximum atomic E-state index is 11.6. The zero-order chi connectivity index (χ0) is 15.1. The van der Waals surface area contributed by atoms with Gasteiger partial charge in [0.05, 0.1) is 18.3 Å². The van der Waals surface area contributed by atoms with Crippen LogP contribution in [-0.4, -0.2) is 44.6 Å². The van der Waals surface area contributed by atoms with E-state index in [1.54, 1.807) is 26.0 Å². The Morgan fingerprint density at radius 2 is 1.95 bits per heavy atom. The molecule has 0 aromatic carbocycles. The van der Waals surface area contributed by atoms with E-state index < -0.39 is 9.84 Å². The molecule has 1 amide bonds. The topological polar surface area (TPSA) is 83.5 Å². The molecule has 0 spiro atoms. The molecule has 1 atom stereocenters. The summed E-state index contributed by atoms with van der Waals surface area (Å²) >= 11 is 0. The molecule has 0 fully saturated rings. The maximum Gasteiger partial charge on any atom is 0.226 e. The van der Waals surface area contributed by atoms with Crippen molar-refractivity contribution in [3.63, 3.8) is 0 Å². The summed E-state index contributed by atoms with van der Waals surface area (Å²) in [4.78, 5) is 11.6. The second-order valence-electron chi connectivity index (χ2n) is 4.77. The Morgan fingerprint density at radius 3 is 2.42 bits per heavy atom. The summed E-state index contributed by atoms with van der Waals surface area (Å²) in [5.74, 6) is -0.472. The molecule has 0 saturated carbocycles. The zero-order valence-corrected chi connectivity index (χ0v) is 12.8. The molecule has 110 valence electrons. The van der Waals surface area contributed by atoms with Crippen LogP contribution in [0.1, 0.15) is 20.8 Å². The third kappa shape index (κ3) is 9.44. The standard InChI is InChI=1S/C13H23NO4S/c1-10(7-11(2)9-19(4,17)18)8-12(3)13(16)14-5-6-15/h7-8,12,15H,5-6,9H2,1-4H3,(H,14,16)/b10-8+,11-7+. The van der Waals surface area contributed by atoms with Crippen LogP contribution >= 0.6 is 0 Å². The molecule has 19 heavy (non-hydrogen) atoms. The number of amides is 1. The number of carbonyl (C=O) groups is 1. The summed E-state index contributed by atoms with van der Waals surface area (Å²) in [5.41, 5.74) is 1.58. The van der Waals surface area contributed by atoms with Gasteiger partial charge in [0, 0.05) is 12.8 Å². The van der Waals surface area contributed by atoms with Crippen molar-refractivity contribution in [3.05, 3.63) is 23.3 Å². The summed E-state index contributed by atoms with van der Waals surface area (Å²) in [6.45, 7) is 5.46. The quantitative estimate of drug-likeness (QED) is 0.675. The van der Waals surface area contributed by atoms with E-state index in [2.05, 4.69) is 5.32 Å². The Bertz CT molecular complexity index is 463. The van der Waals surface area contributed by atoms with Crippen molar-refractivity contribution in [3.8, 4) is 0 Å². The van der Waals surface area contributed by atoms with E-state index in [0.29, 0.717) is 0 Å². The van der Waals surface area contributed by atoms with E-state index in [9.17, 15) is 13.2 Å². The van der Waals surface area contributed by atoms with Gasteiger partial charge in [-0.1, -0.05) is 30.2 Å². The lowest BCUT2D eigenvalue weighted by molar-refractivity contribution is -0.123. The zero-order valence-electron chi connectivity index (χ0n) is 11.9. The summed E-state index contributed by atoms with van der Waals surface area (Å²) in [6, 6.07) is 0. The molecule has 0 bridgehead atoms. The van der Waals surface area contributed by atoms with Crippen molar-refractivity contribution in [1.82, 2.24) is 5.32 Å². The van der Waals surface area contributed by atoms with Crippen LogP contribution in [0.25, 0.3) is 0 Å². The van der Waals surface area contributed by atoms with Crippen molar-refractivity contribution < 1.29 is 18.3 Å². The number of aliphatic hydroxyl groups excluding tert-OH is 1. The van der Waals surface area contributed by atoms with E-state index >= 15 is 0 Å². The minimum Gasteiger partial charge on any atom is -0.395 e. The predicted octanol–water partition coefficient (Wildman–Crippen LogP) is 0.668. The lowest BCUT2D eigenvalue weighted by Crippen LogP contribution is -2.30. The molecule has 5 nitrogen and oxygen atoms in total. The van der Waals surface area contributed by atoms with Gasteiger partial charge in [-0.3, -0.25) is 4.79 Å². The largest absolute Gasteiger partial charge is 0.395 e. The van der Waals surface area contributed by atoms with Gasteiger partial charge in [-0.15, -0.1) is 0 Å². The van der Waals surface area contributed by atoms with Crippen LogP contribution in [0.5, 0.6) is 0 Å². The van der Waals surface area contributed by atoms with E-state index in [1.807, 2.05) is 6.92 Å². The third-order valence-corrected chi connectivity index (χ3v) is 3.28. The Labute approximate surface area is 115 Å². The summed E-state index contributed by atoms with van der Waals surface area (Å²) in [5, 5.41) is 11.2. The van der Waals surface area contributed by atoms with E-state index in [0.717, 1.165) is 11.1 Å². The fraction of sp³-hybridized carbons (Fsp3) is 0.615. The lowest BCUT2D eigenvalue weighted by Gasteiger charge is -2.08. The first kappa shape index (κ1) is 17.9. The Morgan fingerprint density at radius 1 is 1.37 bits per heavy atom. The number of allylic oxidation sites excluding steroid dienone is 2. The van der Waals surface area contributed by atoms with E-state index in [4.69, 9.17) is 5.11 Å². The molecular weight excluding hydrogens is 266 g/mol. The molecule has 1 unspecified atom stereocenters. The fourth-order valence-electron chi connectivity index (χ4n) is 1.70. The number of aliphatic hydroxyl groups is 1. The van der Waals surface area contributed by atoms with Gasteiger partial charge in [0.25, 0.3) is 0 Å². The summed E-state index contributed by atoms with van der Waals surface area (Å²) in [6.07, 6.45) is 4.71. The number of rotatable bonds is 7. The third-order valence-electron chi connectivity index (χ3n) is 2.30. The first-order valence-electron chi connectivity index (χ1n) is 6.07. The minimum absolute atomic E-state index is 0.0171. The highest BCUT2D eigenvalue weighted by molar-refractivity contribution is 7.90. The molecule has 6 heteroatoms. The highest BCUT2D eigenvalue weighted by Crippen LogP contribution is 2.08. The van der Waals surface area contributed by atoms with Crippen molar-refractivity contribution in [2.75, 3.05) is 25.2 Å². The molecule has 0 aromatic heterocycles. The van der Waals surface area contributed by atoms with Crippen LogP contribution in [0.2, 0.25) is 0 Å². The average Bonchev–Trinajstić information content (AvgIpc) is 2.22. The minimum atomic E-state index is -3.03. The van der Waals surface area contributed by atoms with Gasteiger partial charge >= 0.3 is 0 Å². The van der Waals surface area contributed by atoms with Gasteiger partial charge < -0.3 is 10.4 Å². The SMILES string of the molecule is CC(=C\C(C)C(=O)NCCO)/C=C(\C)CS(C)(=O)=O. The molecule has 2 N–H and O–H groups in total. The van der Waals surface area contributed by atoms with E-state index in [-0.39, 0.29) is 30.7 Å². The molecule has 0 aliphatic rings. The Balaban J connectivity index is 4.63. The molecule has 0 rings (SSSR count). The Hall–Kier alpha value is -1.14. The molecule has 0 aliphatic carbocycles. The maximum absolute atomic E-state index is 11.6. The first-order valence-corrected chi connectivity index (χ1v) is 8.13. The normalized spacial score (nSPS) is 15.2. The molecule has 0 aliphatic heterocycles. The molecule has 0 aromatic rings. The lowest BCUT2D eigenvalue weighted by atomic mass is 10.1. The van der Waals surface area contributed by atoms with Crippen molar-refractivity contribution in [1.29, 1.82) is 0 Å². The molecule has 0 radical (unpaired) electrons. The van der Waals surface area contributed by atoms with Crippen LogP contribution in [0.4, 0.5) is 0 Å². The predicted molar refractivity (Wildman–Crippen MR) is 76.5 cm³/mol. The molecular formula is C13H23NO4S. The average molecular weight is 289 g/mol. The number of carbonyl (C=O) groups excluding carboxylic acids is 1. The van der Waals surface area contributed by atoms with Gasteiger partial charge in [-0.25, -0.2) is 8.42 Å². The second kappa shape index (κ2) is 8.12. The van der Waals surface area contributed by atoms with Crippen LogP contribution in [0.15, 0.2) is 23.3 Å². The second-order valence-corrected chi connectivity index (χ2v) is 6.91. The van der Waals surface area contributed by atoms with Gasteiger partial charge in [-0.2, -0.15) is 0 Å². The number of sulfone groups is 1. The van der Waals surface area contributed by atoms with Crippen molar-refractivity contribution in [2.45, 2.75) is 20.8 Å². The van der Waals surface area contributed by atoms with E-state index in [1.165, 1.54) is 6.26 Å². The molecule has 0 heterocycles. The van der Waals surface area contributed by atoms with Crippen molar-refractivity contribution in [2.24, 2.45) is 5.92 Å². The highest BCUT2D eigenvalue weighted by Gasteiger charge is 2.09. The Kier molecular flexibility index (Phi) is 7.63. The van der Waals surface area contributed by atoms with Gasteiger partial charge in [0.1, 0.15) is 0 Å². The monoisotopic (exact) mass is 289 g/mol. The van der Waals surface area contributed by atoms with Crippen LogP contribution < -0.4 is 5.32 Å². The van der Waals surface area contributed by atoms with Crippen LogP contribution in [0.3, 0.4) is 0 Å². The smallest absolute Gasteiger partial charge is 0.226 e. The number of hydrogen-bond donors (Lipinski definition) is 2. The highest BCUT2D eigenvalue weighted by atomic mass is 32.2. The fourth-order valence-corrected chi connectivity index (χ4v) is 2.61. The van der Waals surface area contributed by atoms with Crippen LogP contribution in [-0.2, 0) is 14.6 Å². The first-order chi connectivity index (χ1) is 8.65. The van der Waals surface area contributed by atoms with Gasteiger partial charge in [-0.05, 0) is 13.8 Å². The van der Waals surface area contributed by atoms with Crippen molar-refractivity contribution >= 4 is 15.7 Å². The summed E-state index contributed by atoms with van der Waals surface area (Å²) < 4.78 is 22.2. The number of hydrogen-bond acceptors (Lipinski definition) is 4. The van der Waals surface area contributed by atoms with Crippen LogP contribution in [0, 0.1) is 5.92 Å². The number of nitrogens with one attached hydrogen (secondary N) is 1. The molecule has 0 saturated heterocycles.